The Morgan fingerprint density at radius 3 is 2.78 bits per heavy atom. The Morgan fingerprint density at radius 1 is 1.39 bits per heavy atom. The number of nitrogens with zero attached hydrogens (tertiary/aromatic N) is 4. The highest BCUT2D eigenvalue weighted by molar-refractivity contribution is 7.99. The van der Waals surface area contributed by atoms with Crippen molar-refractivity contribution in [2.75, 3.05) is 5.75 Å². The fourth-order valence-electron chi connectivity index (χ4n) is 1.47. The van der Waals surface area contributed by atoms with Gasteiger partial charge < -0.3 is 0 Å². The van der Waals surface area contributed by atoms with E-state index >= 15 is 0 Å². The minimum atomic E-state index is -3.17. The van der Waals surface area contributed by atoms with E-state index in [2.05, 4.69) is 15.1 Å². The van der Waals surface area contributed by atoms with Crippen LogP contribution < -0.4 is 0 Å². The molecule has 0 amide bonds. The summed E-state index contributed by atoms with van der Waals surface area (Å²) in [7, 11) is 0. The van der Waals surface area contributed by atoms with E-state index in [-0.39, 0.29) is 5.75 Å². The zero-order valence-electron chi connectivity index (χ0n) is 9.82. The molecule has 0 spiro atoms. The van der Waals surface area contributed by atoms with Crippen LogP contribution >= 0.6 is 23.4 Å². The number of hydrogen-bond acceptors (Lipinski definition) is 4. The maximum Gasteiger partial charge on any atom is 0.322 e. The molecule has 0 saturated carbocycles. The van der Waals surface area contributed by atoms with Crippen molar-refractivity contribution >= 4 is 29.1 Å². The van der Waals surface area contributed by atoms with Gasteiger partial charge in [0.2, 0.25) is 5.16 Å². The zero-order chi connectivity index (χ0) is 13.3. The molecule has 0 unspecified atom stereocenters. The van der Waals surface area contributed by atoms with Crippen LogP contribution in [0.2, 0.25) is 0 Å². The maximum atomic E-state index is 12.4. The second-order valence-electron chi connectivity index (χ2n) is 3.86. The van der Waals surface area contributed by atoms with Crippen LogP contribution in [0, 0.1) is 13.8 Å². The van der Waals surface area contributed by atoms with Gasteiger partial charge >= 0.3 is 5.38 Å². The Balaban J connectivity index is 2.13. The van der Waals surface area contributed by atoms with Gasteiger partial charge in [-0.2, -0.15) is 13.8 Å². The first-order chi connectivity index (χ1) is 8.35. The maximum absolute atomic E-state index is 12.4. The van der Waals surface area contributed by atoms with Crippen molar-refractivity contribution in [2.24, 2.45) is 0 Å². The van der Waals surface area contributed by atoms with Gasteiger partial charge in [0.1, 0.15) is 0 Å². The molecule has 98 valence electrons. The number of fused-ring (bicyclic) bond motifs is 1. The number of aromatic nitrogens is 4. The van der Waals surface area contributed by atoms with E-state index in [1.54, 1.807) is 4.52 Å². The number of halogens is 3. The second kappa shape index (κ2) is 4.97. The topological polar surface area (TPSA) is 43.1 Å². The van der Waals surface area contributed by atoms with E-state index in [1.807, 2.05) is 19.9 Å². The predicted molar refractivity (Wildman–Crippen MR) is 66.4 cm³/mol. The van der Waals surface area contributed by atoms with Crippen molar-refractivity contribution in [2.45, 2.75) is 30.8 Å². The molecular formula is C10H11ClF2N4S. The molecule has 2 rings (SSSR count). The van der Waals surface area contributed by atoms with E-state index in [9.17, 15) is 8.78 Å². The SMILES string of the molecule is Cc1cc(C)n2nc(SCCC(F)(F)Cl)nc2n1. The van der Waals surface area contributed by atoms with E-state index < -0.39 is 11.8 Å². The summed E-state index contributed by atoms with van der Waals surface area (Å²) >= 11 is 5.96. The van der Waals surface area contributed by atoms with Crippen LogP contribution in [0.4, 0.5) is 8.78 Å². The molecule has 0 fully saturated rings. The van der Waals surface area contributed by atoms with Crippen LogP contribution in [0.25, 0.3) is 5.78 Å². The lowest BCUT2D eigenvalue weighted by Gasteiger charge is -2.04. The van der Waals surface area contributed by atoms with Crippen LogP contribution in [0.15, 0.2) is 11.2 Å². The van der Waals surface area contributed by atoms with Crippen molar-refractivity contribution in [3.8, 4) is 0 Å². The Bertz CT molecular complexity index is 567. The van der Waals surface area contributed by atoms with Crippen molar-refractivity contribution in [3.05, 3.63) is 17.5 Å². The third kappa shape index (κ3) is 3.29. The Hall–Kier alpha value is -0.950. The van der Waals surface area contributed by atoms with E-state index in [1.165, 1.54) is 0 Å². The molecule has 2 aromatic rings. The molecule has 18 heavy (non-hydrogen) atoms. The lowest BCUT2D eigenvalue weighted by molar-refractivity contribution is 0.0934. The second-order valence-corrected chi connectivity index (χ2v) is 5.47. The van der Waals surface area contributed by atoms with Gasteiger partial charge in [-0.25, -0.2) is 9.50 Å². The van der Waals surface area contributed by atoms with Gasteiger partial charge in [0.15, 0.2) is 0 Å². The number of alkyl halides is 3. The van der Waals surface area contributed by atoms with Gasteiger partial charge in [0.05, 0.1) is 0 Å². The lowest BCUT2D eigenvalue weighted by atomic mass is 10.4. The minimum absolute atomic E-state index is 0.158. The zero-order valence-corrected chi connectivity index (χ0v) is 11.4. The predicted octanol–water partition coefficient (Wildman–Crippen LogP) is 3.05. The molecule has 0 aliphatic rings. The highest BCUT2D eigenvalue weighted by Crippen LogP contribution is 2.27. The first-order valence-electron chi connectivity index (χ1n) is 5.26. The molecule has 0 bridgehead atoms. The lowest BCUT2D eigenvalue weighted by Crippen LogP contribution is -2.06. The minimum Gasteiger partial charge on any atom is -0.216 e. The third-order valence-corrected chi connectivity index (χ3v) is 3.24. The molecular weight excluding hydrogens is 282 g/mol. The quantitative estimate of drug-likeness (QED) is 0.642. The van der Waals surface area contributed by atoms with Crippen LogP contribution in [-0.2, 0) is 0 Å². The molecule has 0 aliphatic carbocycles. The fraction of sp³-hybridized carbons (Fsp3) is 0.500. The fourth-order valence-corrected chi connectivity index (χ4v) is 2.50. The normalized spacial score (nSPS) is 12.3. The van der Waals surface area contributed by atoms with Crippen LogP contribution in [0.5, 0.6) is 0 Å². The van der Waals surface area contributed by atoms with Crippen LogP contribution in [-0.4, -0.2) is 30.7 Å². The van der Waals surface area contributed by atoms with Crippen LogP contribution in [0.3, 0.4) is 0 Å². The van der Waals surface area contributed by atoms with Crippen molar-refractivity contribution < 1.29 is 8.78 Å². The first kappa shape index (κ1) is 13.5. The average Bonchev–Trinajstić information content (AvgIpc) is 2.58. The molecule has 0 aliphatic heterocycles. The summed E-state index contributed by atoms with van der Waals surface area (Å²) in [5, 5.41) is 1.45. The van der Waals surface area contributed by atoms with Crippen molar-refractivity contribution in [1.29, 1.82) is 0 Å². The first-order valence-corrected chi connectivity index (χ1v) is 6.62. The standard InChI is InChI=1S/C10H11ClF2N4S/c1-6-5-7(2)17-8(14-6)15-9(16-17)18-4-3-10(11,12)13/h5H,3-4H2,1-2H3. The third-order valence-electron chi connectivity index (χ3n) is 2.22. The van der Waals surface area contributed by atoms with Gasteiger partial charge in [0.25, 0.3) is 5.78 Å². The summed E-state index contributed by atoms with van der Waals surface area (Å²) in [6, 6.07) is 1.88. The summed E-state index contributed by atoms with van der Waals surface area (Å²) < 4.78 is 26.5. The Kier molecular flexibility index (Phi) is 3.72. The molecule has 0 N–H and O–H groups in total. The summed E-state index contributed by atoms with van der Waals surface area (Å²) in [6.45, 7) is 3.75. The largest absolute Gasteiger partial charge is 0.322 e. The van der Waals surface area contributed by atoms with Gasteiger partial charge in [-0.1, -0.05) is 11.8 Å². The van der Waals surface area contributed by atoms with E-state index in [4.69, 9.17) is 11.6 Å². The van der Waals surface area contributed by atoms with E-state index in [0.717, 1.165) is 23.1 Å². The average molecular weight is 293 g/mol. The number of rotatable bonds is 4. The van der Waals surface area contributed by atoms with E-state index in [0.29, 0.717) is 10.9 Å². The Labute approximate surface area is 112 Å². The molecule has 0 atom stereocenters. The number of thioether (sulfide) groups is 1. The molecule has 2 heterocycles. The number of aryl methyl sites for hydroxylation is 2. The summed E-state index contributed by atoms with van der Waals surface area (Å²) in [5.74, 6) is 0.637. The van der Waals surface area contributed by atoms with Gasteiger partial charge in [-0.05, 0) is 31.5 Å². The van der Waals surface area contributed by atoms with Gasteiger partial charge in [-0.15, -0.1) is 5.10 Å². The molecule has 0 radical (unpaired) electrons. The molecule has 4 nitrogen and oxygen atoms in total. The smallest absolute Gasteiger partial charge is 0.216 e. The molecule has 0 aromatic carbocycles. The van der Waals surface area contributed by atoms with Gasteiger partial charge in [0, 0.05) is 23.6 Å². The monoisotopic (exact) mass is 292 g/mol. The Morgan fingerprint density at radius 2 is 2.11 bits per heavy atom. The molecule has 2 aromatic heterocycles. The number of hydrogen-bond donors (Lipinski definition) is 0. The van der Waals surface area contributed by atoms with Crippen LogP contribution in [0.1, 0.15) is 17.8 Å². The molecule has 8 heteroatoms. The highest BCUT2D eigenvalue weighted by Gasteiger charge is 2.24. The van der Waals surface area contributed by atoms with Crippen molar-refractivity contribution in [3.63, 3.8) is 0 Å². The summed E-state index contributed by atoms with van der Waals surface area (Å²) in [6.07, 6.45) is -0.416. The summed E-state index contributed by atoms with van der Waals surface area (Å²) in [5.41, 5.74) is 1.75. The highest BCUT2D eigenvalue weighted by atomic mass is 35.5. The summed E-state index contributed by atoms with van der Waals surface area (Å²) in [4.78, 5) is 8.39. The van der Waals surface area contributed by atoms with Gasteiger partial charge in [-0.3, -0.25) is 0 Å². The molecule has 0 saturated heterocycles. The van der Waals surface area contributed by atoms with Crippen molar-refractivity contribution in [1.82, 2.24) is 19.6 Å².